The summed E-state index contributed by atoms with van der Waals surface area (Å²) < 4.78 is 0. The molecule has 0 heterocycles. The molecule has 18 heavy (non-hydrogen) atoms. The minimum absolute atomic E-state index is 0.225. The molecule has 1 saturated carbocycles. The van der Waals surface area contributed by atoms with Crippen LogP contribution in [0.5, 0.6) is 0 Å². The van der Waals surface area contributed by atoms with Gasteiger partial charge >= 0.3 is 6.03 Å². The van der Waals surface area contributed by atoms with Gasteiger partial charge in [-0.05, 0) is 32.6 Å². The van der Waals surface area contributed by atoms with Gasteiger partial charge in [-0.25, -0.2) is 4.79 Å². The normalized spacial score (nSPS) is 15.3. The van der Waals surface area contributed by atoms with Crippen LogP contribution in [0.4, 0.5) is 4.79 Å². The Balaban J connectivity index is 2.29. The summed E-state index contributed by atoms with van der Waals surface area (Å²) in [4.78, 5) is 25.3. The Bertz CT molecular complexity index is 297. The average Bonchev–Trinajstić information content (AvgIpc) is 3.06. The molecular weight excluding hydrogens is 230 g/mol. The van der Waals surface area contributed by atoms with E-state index >= 15 is 0 Å². The average molecular weight is 255 g/mol. The highest BCUT2D eigenvalue weighted by Gasteiger charge is 2.32. The number of carbonyl (C=O) groups is 2. The Kier molecular flexibility index (Phi) is 5.59. The van der Waals surface area contributed by atoms with E-state index in [-0.39, 0.29) is 5.91 Å². The first-order chi connectivity index (χ1) is 8.40. The van der Waals surface area contributed by atoms with Crippen molar-refractivity contribution in [3.63, 3.8) is 0 Å². The number of imide groups is 1. The third kappa shape index (κ3) is 5.49. The van der Waals surface area contributed by atoms with E-state index in [1.54, 1.807) is 0 Å². The van der Waals surface area contributed by atoms with Gasteiger partial charge in [0.15, 0.2) is 0 Å². The predicted octanol–water partition coefficient (Wildman–Crippen LogP) is 1.34. The highest BCUT2D eigenvalue weighted by atomic mass is 16.2. The van der Waals surface area contributed by atoms with Crippen molar-refractivity contribution < 1.29 is 9.59 Å². The lowest BCUT2D eigenvalue weighted by molar-refractivity contribution is -0.121. The molecule has 0 spiro atoms. The summed E-state index contributed by atoms with van der Waals surface area (Å²) in [6.45, 7) is 9.05. The molecule has 0 atom stereocenters. The molecule has 0 aromatic heterocycles. The van der Waals surface area contributed by atoms with Crippen molar-refractivity contribution in [2.45, 2.75) is 52.6 Å². The van der Waals surface area contributed by atoms with Crippen LogP contribution < -0.4 is 10.6 Å². The van der Waals surface area contributed by atoms with Crippen molar-refractivity contribution in [3.05, 3.63) is 0 Å². The topological polar surface area (TPSA) is 61.4 Å². The van der Waals surface area contributed by atoms with E-state index in [1.807, 2.05) is 13.8 Å². The zero-order chi connectivity index (χ0) is 13.7. The summed E-state index contributed by atoms with van der Waals surface area (Å²) >= 11 is 0. The van der Waals surface area contributed by atoms with E-state index in [0.29, 0.717) is 31.1 Å². The van der Waals surface area contributed by atoms with Gasteiger partial charge in [0.05, 0.1) is 6.54 Å². The van der Waals surface area contributed by atoms with Gasteiger partial charge in [0.25, 0.3) is 0 Å². The van der Waals surface area contributed by atoms with E-state index in [1.165, 1.54) is 0 Å². The van der Waals surface area contributed by atoms with E-state index in [9.17, 15) is 9.59 Å². The van der Waals surface area contributed by atoms with Gasteiger partial charge in [-0.1, -0.05) is 13.8 Å². The minimum atomic E-state index is -0.395. The Morgan fingerprint density at radius 3 is 2.28 bits per heavy atom. The van der Waals surface area contributed by atoms with Crippen LogP contribution in [0.2, 0.25) is 0 Å². The van der Waals surface area contributed by atoms with Crippen LogP contribution in [-0.4, -0.2) is 42.0 Å². The molecule has 104 valence electrons. The highest BCUT2D eigenvalue weighted by molar-refractivity contribution is 5.95. The molecule has 0 radical (unpaired) electrons. The third-order valence-electron chi connectivity index (χ3n) is 2.93. The molecule has 1 aliphatic rings. The first-order valence-electron chi connectivity index (χ1n) is 6.73. The zero-order valence-corrected chi connectivity index (χ0v) is 11.8. The molecule has 5 nitrogen and oxygen atoms in total. The molecule has 0 aromatic carbocycles. The van der Waals surface area contributed by atoms with Gasteiger partial charge in [0.2, 0.25) is 5.91 Å². The monoisotopic (exact) mass is 255 g/mol. The van der Waals surface area contributed by atoms with Crippen LogP contribution in [0.15, 0.2) is 0 Å². The van der Waals surface area contributed by atoms with E-state index in [0.717, 1.165) is 12.8 Å². The molecular formula is C13H25N3O2. The number of nitrogens with zero attached hydrogens (tertiary/aromatic N) is 1. The second-order valence-electron chi connectivity index (χ2n) is 5.65. The molecule has 0 saturated heterocycles. The van der Waals surface area contributed by atoms with Crippen molar-refractivity contribution in [2.24, 2.45) is 5.92 Å². The number of hydrogen-bond donors (Lipinski definition) is 2. The van der Waals surface area contributed by atoms with Gasteiger partial charge < -0.3 is 5.32 Å². The van der Waals surface area contributed by atoms with Gasteiger partial charge in [-0.3, -0.25) is 15.0 Å². The summed E-state index contributed by atoms with van der Waals surface area (Å²) in [5.41, 5.74) is 0. The van der Waals surface area contributed by atoms with Crippen molar-refractivity contribution in [1.29, 1.82) is 0 Å². The van der Waals surface area contributed by atoms with E-state index in [4.69, 9.17) is 0 Å². The molecule has 0 aromatic rings. The molecule has 3 amide bonds. The van der Waals surface area contributed by atoms with Gasteiger partial charge in [-0.15, -0.1) is 0 Å². The number of rotatable bonds is 6. The van der Waals surface area contributed by atoms with E-state index in [2.05, 4.69) is 29.4 Å². The first-order valence-corrected chi connectivity index (χ1v) is 6.73. The lowest BCUT2D eigenvalue weighted by Gasteiger charge is -2.25. The smallest absolute Gasteiger partial charge is 0.321 e. The summed E-state index contributed by atoms with van der Waals surface area (Å²) in [7, 11) is 0. The largest absolute Gasteiger partial charge is 0.338 e. The first kappa shape index (κ1) is 15.0. The summed E-state index contributed by atoms with van der Waals surface area (Å²) in [6, 6.07) is 0.463. The van der Waals surface area contributed by atoms with Crippen LogP contribution in [-0.2, 0) is 4.79 Å². The zero-order valence-electron chi connectivity index (χ0n) is 11.8. The molecule has 0 unspecified atom stereocenters. The van der Waals surface area contributed by atoms with Crippen LogP contribution >= 0.6 is 0 Å². The Hall–Kier alpha value is -1.10. The fourth-order valence-corrected chi connectivity index (χ4v) is 1.81. The Labute approximate surface area is 109 Å². The second kappa shape index (κ2) is 6.73. The van der Waals surface area contributed by atoms with Crippen LogP contribution in [0.1, 0.15) is 40.5 Å². The highest BCUT2D eigenvalue weighted by Crippen LogP contribution is 2.28. The van der Waals surface area contributed by atoms with Crippen molar-refractivity contribution >= 4 is 11.9 Å². The standard InChI is InChI=1S/C13H25N3O2/c1-9(2)7-14-13(18)15-12(17)8-16(10(3)4)11-5-6-11/h9-11H,5-8H2,1-4H3,(H2,14,15,17,18). The molecule has 0 aliphatic heterocycles. The fraction of sp³-hybridized carbons (Fsp3) is 0.846. The maximum Gasteiger partial charge on any atom is 0.321 e. The van der Waals surface area contributed by atoms with Gasteiger partial charge in [0, 0.05) is 18.6 Å². The molecule has 1 fully saturated rings. The molecule has 1 aliphatic carbocycles. The lowest BCUT2D eigenvalue weighted by atomic mass is 10.2. The van der Waals surface area contributed by atoms with Crippen molar-refractivity contribution in [2.75, 3.05) is 13.1 Å². The summed E-state index contributed by atoms with van der Waals surface area (Å²) in [6.07, 6.45) is 2.32. The third-order valence-corrected chi connectivity index (χ3v) is 2.93. The van der Waals surface area contributed by atoms with Gasteiger partial charge in [0.1, 0.15) is 0 Å². The minimum Gasteiger partial charge on any atom is -0.338 e. The summed E-state index contributed by atoms with van der Waals surface area (Å²) in [5, 5.41) is 5.04. The van der Waals surface area contributed by atoms with Crippen molar-refractivity contribution in [1.82, 2.24) is 15.5 Å². The molecule has 1 rings (SSSR count). The SMILES string of the molecule is CC(C)CNC(=O)NC(=O)CN(C(C)C)C1CC1. The quantitative estimate of drug-likeness (QED) is 0.753. The molecule has 0 bridgehead atoms. The predicted molar refractivity (Wildman–Crippen MR) is 71.2 cm³/mol. The fourth-order valence-electron chi connectivity index (χ4n) is 1.81. The number of nitrogens with one attached hydrogen (secondary N) is 2. The number of urea groups is 1. The van der Waals surface area contributed by atoms with Gasteiger partial charge in [-0.2, -0.15) is 0 Å². The Morgan fingerprint density at radius 1 is 1.22 bits per heavy atom. The molecule has 5 heteroatoms. The summed E-state index contributed by atoms with van der Waals surface area (Å²) in [5.74, 6) is 0.154. The van der Waals surface area contributed by atoms with Crippen molar-refractivity contribution in [3.8, 4) is 0 Å². The van der Waals surface area contributed by atoms with Crippen LogP contribution in [0.3, 0.4) is 0 Å². The number of hydrogen-bond acceptors (Lipinski definition) is 3. The van der Waals surface area contributed by atoms with Crippen LogP contribution in [0, 0.1) is 5.92 Å². The lowest BCUT2D eigenvalue weighted by Crippen LogP contribution is -2.47. The maximum absolute atomic E-state index is 11.7. The Morgan fingerprint density at radius 2 is 1.83 bits per heavy atom. The molecule has 2 N–H and O–H groups in total. The van der Waals surface area contributed by atoms with Crippen LogP contribution in [0.25, 0.3) is 0 Å². The number of amides is 3. The number of carbonyl (C=O) groups excluding carboxylic acids is 2. The second-order valence-corrected chi connectivity index (χ2v) is 5.65. The van der Waals surface area contributed by atoms with E-state index < -0.39 is 6.03 Å². The maximum atomic E-state index is 11.7.